The van der Waals surface area contributed by atoms with Crippen molar-refractivity contribution in [3.05, 3.63) is 28.2 Å². The Morgan fingerprint density at radius 3 is 2.59 bits per heavy atom. The topological polar surface area (TPSA) is 75.4 Å². The lowest BCUT2D eigenvalue weighted by Crippen LogP contribution is -2.36. The number of amides is 2. The minimum absolute atomic E-state index is 0.0156. The van der Waals surface area contributed by atoms with E-state index in [1.165, 1.54) is 11.9 Å². The first kappa shape index (κ1) is 13.5. The first-order chi connectivity index (χ1) is 7.93. The van der Waals surface area contributed by atoms with Crippen LogP contribution >= 0.6 is 15.9 Å². The average molecular weight is 300 g/mol. The number of carbonyl (C=O) groups is 2. The molecule has 0 radical (unpaired) electrons. The van der Waals surface area contributed by atoms with Gasteiger partial charge in [0, 0.05) is 29.8 Å². The number of nitrogen functional groups attached to an aromatic ring is 1. The van der Waals surface area contributed by atoms with E-state index in [9.17, 15) is 9.59 Å². The van der Waals surface area contributed by atoms with Gasteiger partial charge in [0.25, 0.3) is 5.91 Å². The maximum absolute atomic E-state index is 12.0. The van der Waals surface area contributed by atoms with Crippen LogP contribution in [-0.4, -0.2) is 37.4 Å². The monoisotopic (exact) mass is 299 g/mol. The molecule has 0 aromatic heterocycles. The summed E-state index contributed by atoms with van der Waals surface area (Å²) in [7, 11) is 3.09. The SMILES string of the molecule is CNC(=O)CN(C)C(=O)c1cc(N)cc(Br)c1. The fraction of sp³-hybridized carbons (Fsp3) is 0.273. The largest absolute Gasteiger partial charge is 0.399 e. The van der Waals surface area contributed by atoms with Gasteiger partial charge in [-0.3, -0.25) is 9.59 Å². The molecule has 0 aliphatic carbocycles. The van der Waals surface area contributed by atoms with Crippen molar-refractivity contribution in [2.75, 3.05) is 26.4 Å². The zero-order chi connectivity index (χ0) is 13.0. The number of nitrogens with zero attached hydrogens (tertiary/aromatic N) is 1. The summed E-state index contributed by atoms with van der Waals surface area (Å²) in [4.78, 5) is 24.5. The van der Waals surface area contributed by atoms with Gasteiger partial charge in [0.2, 0.25) is 5.91 Å². The molecule has 0 saturated heterocycles. The van der Waals surface area contributed by atoms with Crippen molar-refractivity contribution in [3.63, 3.8) is 0 Å². The van der Waals surface area contributed by atoms with Crippen molar-refractivity contribution in [2.45, 2.75) is 0 Å². The first-order valence-electron chi connectivity index (χ1n) is 4.96. The summed E-state index contributed by atoms with van der Waals surface area (Å²) in [6.45, 7) is 0.0156. The molecular formula is C11H14BrN3O2. The lowest BCUT2D eigenvalue weighted by molar-refractivity contribution is -0.121. The highest BCUT2D eigenvalue weighted by atomic mass is 79.9. The highest BCUT2D eigenvalue weighted by Crippen LogP contribution is 2.18. The summed E-state index contributed by atoms with van der Waals surface area (Å²) >= 11 is 3.26. The standard InChI is InChI=1S/C11H14BrN3O2/c1-14-10(16)6-15(2)11(17)7-3-8(12)5-9(13)4-7/h3-5H,6,13H2,1-2H3,(H,14,16). The second-order valence-electron chi connectivity index (χ2n) is 3.61. The Bertz CT molecular complexity index is 428. The summed E-state index contributed by atoms with van der Waals surface area (Å²) in [5, 5.41) is 2.46. The maximum atomic E-state index is 12.0. The van der Waals surface area contributed by atoms with Gasteiger partial charge in [-0.05, 0) is 18.2 Å². The van der Waals surface area contributed by atoms with Crippen molar-refractivity contribution in [1.29, 1.82) is 0 Å². The van der Waals surface area contributed by atoms with E-state index >= 15 is 0 Å². The lowest BCUT2D eigenvalue weighted by atomic mass is 10.2. The third kappa shape index (κ3) is 3.74. The van der Waals surface area contributed by atoms with Crippen molar-refractivity contribution < 1.29 is 9.59 Å². The molecule has 0 aliphatic rings. The van der Waals surface area contributed by atoms with Gasteiger partial charge in [-0.2, -0.15) is 0 Å². The molecule has 6 heteroatoms. The van der Waals surface area contributed by atoms with E-state index in [1.54, 1.807) is 25.2 Å². The quantitative estimate of drug-likeness (QED) is 0.813. The van der Waals surface area contributed by atoms with Crippen LogP contribution in [0.5, 0.6) is 0 Å². The number of nitrogens with one attached hydrogen (secondary N) is 1. The molecule has 5 nitrogen and oxygen atoms in total. The van der Waals surface area contributed by atoms with Crippen LogP contribution in [0, 0.1) is 0 Å². The second kappa shape index (κ2) is 5.67. The molecule has 0 aliphatic heterocycles. The molecule has 1 rings (SSSR count). The number of likely N-dealkylation sites (N-methyl/N-ethyl adjacent to an activating group) is 2. The fourth-order valence-electron chi connectivity index (χ4n) is 1.32. The van der Waals surface area contributed by atoms with Gasteiger partial charge < -0.3 is 16.0 Å². The van der Waals surface area contributed by atoms with E-state index in [0.717, 1.165) is 4.47 Å². The van der Waals surface area contributed by atoms with Gasteiger partial charge in [0.05, 0.1) is 6.54 Å². The molecule has 0 spiro atoms. The Balaban J connectivity index is 2.85. The molecule has 1 aromatic rings. The van der Waals surface area contributed by atoms with Crippen LogP contribution in [0.1, 0.15) is 10.4 Å². The molecule has 92 valence electrons. The van der Waals surface area contributed by atoms with E-state index in [0.29, 0.717) is 11.3 Å². The number of hydrogen-bond donors (Lipinski definition) is 2. The molecule has 0 fully saturated rings. The fourth-order valence-corrected chi connectivity index (χ4v) is 1.83. The molecule has 2 amide bonds. The van der Waals surface area contributed by atoms with Crippen LogP contribution in [0.15, 0.2) is 22.7 Å². The predicted octanol–water partition coefficient (Wildman–Crippen LogP) is 0.849. The van der Waals surface area contributed by atoms with Gasteiger partial charge in [-0.1, -0.05) is 15.9 Å². The highest BCUT2D eigenvalue weighted by Gasteiger charge is 2.14. The van der Waals surface area contributed by atoms with Gasteiger partial charge in [-0.25, -0.2) is 0 Å². The molecule has 0 unspecified atom stereocenters. The lowest BCUT2D eigenvalue weighted by Gasteiger charge is -2.16. The minimum Gasteiger partial charge on any atom is -0.399 e. The van der Waals surface area contributed by atoms with Crippen LogP contribution in [0.3, 0.4) is 0 Å². The van der Waals surface area contributed by atoms with Crippen LogP contribution < -0.4 is 11.1 Å². The summed E-state index contributed by atoms with van der Waals surface area (Å²) < 4.78 is 0.731. The Labute approximate surface area is 108 Å². The van der Waals surface area contributed by atoms with Gasteiger partial charge >= 0.3 is 0 Å². The zero-order valence-corrected chi connectivity index (χ0v) is 11.2. The molecule has 0 heterocycles. The molecule has 17 heavy (non-hydrogen) atoms. The third-order valence-electron chi connectivity index (χ3n) is 2.17. The van der Waals surface area contributed by atoms with Crippen molar-refractivity contribution in [3.8, 4) is 0 Å². The van der Waals surface area contributed by atoms with Crippen molar-refractivity contribution >= 4 is 33.4 Å². The molecule has 0 saturated carbocycles. The van der Waals surface area contributed by atoms with Crippen LogP contribution in [0.25, 0.3) is 0 Å². The normalized spacial score (nSPS) is 9.82. The number of halogens is 1. The van der Waals surface area contributed by atoms with Gasteiger partial charge in [0.1, 0.15) is 0 Å². The smallest absolute Gasteiger partial charge is 0.254 e. The van der Waals surface area contributed by atoms with Gasteiger partial charge in [0.15, 0.2) is 0 Å². The maximum Gasteiger partial charge on any atom is 0.254 e. The van der Waals surface area contributed by atoms with E-state index in [2.05, 4.69) is 21.2 Å². The molecule has 0 atom stereocenters. The number of rotatable bonds is 3. The second-order valence-corrected chi connectivity index (χ2v) is 4.52. The Morgan fingerprint density at radius 2 is 2.06 bits per heavy atom. The van der Waals surface area contributed by atoms with Crippen molar-refractivity contribution in [1.82, 2.24) is 10.2 Å². The summed E-state index contributed by atoms with van der Waals surface area (Å²) in [6, 6.07) is 4.95. The Kier molecular flexibility index (Phi) is 4.51. The highest BCUT2D eigenvalue weighted by molar-refractivity contribution is 9.10. The molecule has 1 aromatic carbocycles. The summed E-state index contributed by atoms with van der Waals surface area (Å²) in [6.07, 6.45) is 0. The zero-order valence-electron chi connectivity index (χ0n) is 9.66. The minimum atomic E-state index is -0.249. The van der Waals surface area contributed by atoms with E-state index < -0.39 is 0 Å². The first-order valence-corrected chi connectivity index (χ1v) is 5.75. The van der Waals surface area contributed by atoms with Crippen LogP contribution in [0.4, 0.5) is 5.69 Å². The number of hydrogen-bond acceptors (Lipinski definition) is 3. The Hall–Kier alpha value is -1.56. The van der Waals surface area contributed by atoms with E-state index in [-0.39, 0.29) is 18.4 Å². The Morgan fingerprint density at radius 1 is 1.41 bits per heavy atom. The predicted molar refractivity (Wildman–Crippen MR) is 69.6 cm³/mol. The van der Waals surface area contributed by atoms with Crippen molar-refractivity contribution in [2.24, 2.45) is 0 Å². The van der Waals surface area contributed by atoms with E-state index in [1.807, 2.05) is 0 Å². The summed E-state index contributed by atoms with van der Waals surface area (Å²) in [5.74, 6) is -0.467. The number of nitrogens with two attached hydrogens (primary N) is 1. The molecular weight excluding hydrogens is 286 g/mol. The van der Waals surface area contributed by atoms with E-state index in [4.69, 9.17) is 5.73 Å². The van der Waals surface area contributed by atoms with Gasteiger partial charge in [-0.15, -0.1) is 0 Å². The number of carbonyl (C=O) groups excluding carboxylic acids is 2. The molecule has 3 N–H and O–H groups in total. The molecule has 0 bridgehead atoms. The van der Waals surface area contributed by atoms with Crippen LogP contribution in [-0.2, 0) is 4.79 Å². The van der Waals surface area contributed by atoms with Crippen LogP contribution in [0.2, 0.25) is 0 Å². The summed E-state index contributed by atoms with van der Waals surface area (Å²) in [5.41, 5.74) is 6.59. The number of anilines is 1. The third-order valence-corrected chi connectivity index (χ3v) is 2.63. The average Bonchev–Trinajstić information content (AvgIpc) is 2.26. The number of benzene rings is 1.